The van der Waals surface area contributed by atoms with Crippen LogP contribution in [0, 0.1) is 6.92 Å². The van der Waals surface area contributed by atoms with Crippen molar-refractivity contribution in [1.82, 2.24) is 9.71 Å². The maximum atomic E-state index is 12.9. The van der Waals surface area contributed by atoms with Gasteiger partial charge in [0.2, 0.25) is 0 Å². The largest absolute Gasteiger partial charge is 0.322 e. The topological polar surface area (TPSA) is 101 Å². The quantitative estimate of drug-likeness (QED) is 0.580. The van der Waals surface area contributed by atoms with E-state index >= 15 is 0 Å². The number of amides is 1. The number of nitrogens with one attached hydrogen (secondary N) is 2. The number of pyridine rings is 1. The number of hydrogen-bond acceptors (Lipinski definition) is 5. The first kappa shape index (κ1) is 22.7. The molecule has 0 fully saturated rings. The highest BCUT2D eigenvalue weighted by Crippen LogP contribution is 2.21. The molecule has 2 N–H and O–H groups in total. The SMILES string of the molecule is Cc1nc(-c2ccccc2)ccc1C(=O)Nc1cccc(S(=O)(=O)NC2=NCCCCC2)c1. The van der Waals surface area contributed by atoms with Crippen molar-refractivity contribution < 1.29 is 13.2 Å². The van der Waals surface area contributed by atoms with Gasteiger partial charge in [-0.25, -0.2) is 8.42 Å². The van der Waals surface area contributed by atoms with Crippen LogP contribution in [0.25, 0.3) is 11.3 Å². The molecular formula is C25H26N4O3S. The van der Waals surface area contributed by atoms with Crippen molar-refractivity contribution in [2.24, 2.45) is 4.99 Å². The predicted molar refractivity (Wildman–Crippen MR) is 130 cm³/mol. The summed E-state index contributed by atoms with van der Waals surface area (Å²) in [5, 5.41) is 2.78. The number of carbonyl (C=O) groups is 1. The molecule has 1 aromatic heterocycles. The van der Waals surface area contributed by atoms with Crippen LogP contribution in [0.2, 0.25) is 0 Å². The summed E-state index contributed by atoms with van der Waals surface area (Å²) >= 11 is 0. The Bertz CT molecular complexity index is 1290. The number of hydrogen-bond donors (Lipinski definition) is 2. The summed E-state index contributed by atoms with van der Waals surface area (Å²) in [6.45, 7) is 2.41. The second-order valence-electron chi connectivity index (χ2n) is 7.92. The molecule has 170 valence electrons. The standard InChI is InChI=1S/C25H26N4O3S/c1-18-22(14-15-23(27-18)19-9-4-2-5-10-19)25(30)28-20-11-8-12-21(17-20)33(31,32)29-24-13-6-3-7-16-26-24/h2,4-5,8-12,14-15,17H,3,6-7,13,16H2,1H3,(H,26,29)(H,28,30). The molecule has 3 aromatic rings. The van der Waals surface area contributed by atoms with Crippen LogP contribution in [-0.4, -0.2) is 31.7 Å². The molecule has 7 nitrogen and oxygen atoms in total. The summed E-state index contributed by atoms with van der Waals surface area (Å²) in [5.41, 5.74) is 3.15. The molecule has 33 heavy (non-hydrogen) atoms. The van der Waals surface area contributed by atoms with Crippen molar-refractivity contribution >= 4 is 27.5 Å². The van der Waals surface area contributed by atoms with Gasteiger partial charge >= 0.3 is 0 Å². The maximum absolute atomic E-state index is 12.9. The molecule has 0 saturated carbocycles. The second-order valence-corrected chi connectivity index (χ2v) is 9.60. The zero-order chi connectivity index (χ0) is 23.3. The third-order valence-corrected chi connectivity index (χ3v) is 6.81. The van der Waals surface area contributed by atoms with Crippen molar-refractivity contribution in [2.75, 3.05) is 11.9 Å². The van der Waals surface area contributed by atoms with E-state index < -0.39 is 10.0 Å². The molecule has 1 amide bonds. The van der Waals surface area contributed by atoms with E-state index in [9.17, 15) is 13.2 Å². The lowest BCUT2D eigenvalue weighted by Gasteiger charge is -2.12. The van der Waals surface area contributed by atoms with Gasteiger partial charge in [0.25, 0.3) is 15.9 Å². The number of anilines is 1. The lowest BCUT2D eigenvalue weighted by Crippen LogP contribution is -2.30. The zero-order valence-corrected chi connectivity index (χ0v) is 19.2. The molecule has 2 heterocycles. The zero-order valence-electron chi connectivity index (χ0n) is 18.4. The Balaban J connectivity index is 1.50. The average Bonchev–Trinajstić information content (AvgIpc) is 3.08. The Morgan fingerprint density at radius 3 is 2.55 bits per heavy atom. The Hall–Kier alpha value is -3.52. The van der Waals surface area contributed by atoms with Gasteiger partial charge in [-0.2, -0.15) is 0 Å². The number of benzene rings is 2. The Labute approximate surface area is 194 Å². The van der Waals surface area contributed by atoms with Gasteiger partial charge in [-0.3, -0.25) is 19.5 Å². The van der Waals surface area contributed by atoms with E-state index in [1.165, 1.54) is 12.1 Å². The van der Waals surface area contributed by atoms with Gasteiger partial charge in [-0.15, -0.1) is 0 Å². The summed E-state index contributed by atoms with van der Waals surface area (Å²) in [5.74, 6) is 0.136. The highest BCUT2D eigenvalue weighted by atomic mass is 32.2. The fourth-order valence-electron chi connectivity index (χ4n) is 3.68. The van der Waals surface area contributed by atoms with E-state index in [0.717, 1.165) is 30.5 Å². The first-order valence-electron chi connectivity index (χ1n) is 10.9. The third kappa shape index (κ3) is 5.64. The molecule has 0 unspecified atom stereocenters. The molecular weight excluding hydrogens is 436 g/mol. The minimum absolute atomic E-state index is 0.0709. The first-order chi connectivity index (χ1) is 15.9. The Morgan fingerprint density at radius 2 is 1.76 bits per heavy atom. The van der Waals surface area contributed by atoms with Crippen molar-refractivity contribution in [3.8, 4) is 11.3 Å². The molecule has 4 rings (SSSR count). The maximum Gasteiger partial charge on any atom is 0.262 e. The van der Waals surface area contributed by atoms with Gasteiger partial charge in [0.05, 0.1) is 21.8 Å². The van der Waals surface area contributed by atoms with Gasteiger partial charge in [-0.1, -0.05) is 42.8 Å². The number of sulfonamides is 1. The molecule has 1 aliphatic heterocycles. The van der Waals surface area contributed by atoms with Crippen LogP contribution >= 0.6 is 0 Å². The minimum Gasteiger partial charge on any atom is -0.322 e. The highest BCUT2D eigenvalue weighted by Gasteiger charge is 2.19. The van der Waals surface area contributed by atoms with Crippen LogP contribution in [0.15, 0.2) is 76.6 Å². The van der Waals surface area contributed by atoms with Gasteiger partial charge in [0.15, 0.2) is 0 Å². The highest BCUT2D eigenvalue weighted by molar-refractivity contribution is 7.90. The van der Waals surface area contributed by atoms with E-state index in [0.29, 0.717) is 35.7 Å². The average molecular weight is 463 g/mol. The van der Waals surface area contributed by atoms with Gasteiger partial charge in [0.1, 0.15) is 5.84 Å². The van der Waals surface area contributed by atoms with E-state index in [-0.39, 0.29) is 10.8 Å². The van der Waals surface area contributed by atoms with Crippen LogP contribution in [0.1, 0.15) is 41.7 Å². The third-order valence-electron chi connectivity index (χ3n) is 5.43. The van der Waals surface area contributed by atoms with Crippen molar-refractivity contribution in [2.45, 2.75) is 37.5 Å². The molecule has 0 bridgehead atoms. The number of carbonyl (C=O) groups excluding carboxylic acids is 1. The number of aliphatic imine (C=N–C) groups is 1. The minimum atomic E-state index is -3.79. The predicted octanol–water partition coefficient (Wildman–Crippen LogP) is 4.56. The summed E-state index contributed by atoms with van der Waals surface area (Å²) in [6, 6.07) is 19.5. The number of nitrogens with zero attached hydrogens (tertiary/aromatic N) is 2. The second kappa shape index (κ2) is 9.95. The molecule has 0 radical (unpaired) electrons. The number of aryl methyl sites for hydroxylation is 1. The molecule has 0 spiro atoms. The summed E-state index contributed by atoms with van der Waals surface area (Å²) in [6.07, 6.45) is 3.53. The van der Waals surface area contributed by atoms with Crippen LogP contribution in [0.3, 0.4) is 0 Å². The van der Waals surface area contributed by atoms with Crippen molar-refractivity contribution in [3.05, 3.63) is 78.0 Å². The summed E-state index contributed by atoms with van der Waals surface area (Å²) in [7, 11) is -3.79. The van der Waals surface area contributed by atoms with Crippen LogP contribution in [0.5, 0.6) is 0 Å². The summed E-state index contributed by atoms with van der Waals surface area (Å²) in [4.78, 5) is 21.8. The molecule has 8 heteroatoms. The Kier molecular flexibility index (Phi) is 6.84. The number of amidine groups is 1. The Morgan fingerprint density at radius 1 is 0.939 bits per heavy atom. The van der Waals surface area contributed by atoms with E-state index in [1.807, 2.05) is 30.3 Å². The fourth-order valence-corrected chi connectivity index (χ4v) is 4.82. The molecule has 0 aliphatic carbocycles. The first-order valence-corrected chi connectivity index (χ1v) is 12.4. The smallest absolute Gasteiger partial charge is 0.262 e. The number of rotatable bonds is 5. The van der Waals surface area contributed by atoms with Gasteiger partial charge in [0, 0.05) is 24.2 Å². The van der Waals surface area contributed by atoms with Gasteiger partial charge in [-0.05, 0) is 50.1 Å². The van der Waals surface area contributed by atoms with E-state index in [2.05, 4.69) is 20.0 Å². The lowest BCUT2D eigenvalue weighted by molar-refractivity contribution is 0.102. The molecule has 2 aromatic carbocycles. The fraction of sp³-hybridized carbons (Fsp3) is 0.240. The molecule has 1 aliphatic rings. The van der Waals surface area contributed by atoms with Crippen LogP contribution in [-0.2, 0) is 10.0 Å². The monoisotopic (exact) mass is 462 g/mol. The van der Waals surface area contributed by atoms with Gasteiger partial charge < -0.3 is 5.32 Å². The lowest BCUT2D eigenvalue weighted by atomic mass is 10.1. The molecule has 0 saturated heterocycles. The van der Waals surface area contributed by atoms with Crippen molar-refractivity contribution in [1.29, 1.82) is 0 Å². The van der Waals surface area contributed by atoms with E-state index in [4.69, 9.17) is 0 Å². The normalized spacial score (nSPS) is 14.2. The summed E-state index contributed by atoms with van der Waals surface area (Å²) < 4.78 is 28.3. The van der Waals surface area contributed by atoms with Crippen LogP contribution < -0.4 is 10.0 Å². The van der Waals surface area contributed by atoms with E-state index in [1.54, 1.807) is 31.2 Å². The van der Waals surface area contributed by atoms with Crippen LogP contribution in [0.4, 0.5) is 5.69 Å². The van der Waals surface area contributed by atoms with Crippen molar-refractivity contribution in [3.63, 3.8) is 0 Å². The molecule has 0 atom stereocenters. The number of aromatic nitrogens is 1.